The van der Waals surface area contributed by atoms with Crippen molar-refractivity contribution in [2.45, 2.75) is 290 Å². The van der Waals surface area contributed by atoms with Gasteiger partial charge in [0.2, 0.25) is 0 Å². The fourth-order valence-corrected chi connectivity index (χ4v) is 8.44. The lowest BCUT2D eigenvalue weighted by Gasteiger charge is -2.10. The topological polar surface area (TPSA) is 0 Å². The van der Waals surface area contributed by atoms with Gasteiger partial charge in [-0.2, -0.15) is 0 Å². The molecule has 1 aromatic rings. The Morgan fingerprint density at radius 3 is 0.615 bits per heavy atom. The summed E-state index contributed by atoms with van der Waals surface area (Å²) in [5.41, 5.74) is 4.60. The molecule has 52 heavy (non-hydrogen) atoms. The first-order chi connectivity index (χ1) is 25.8. The van der Waals surface area contributed by atoms with Gasteiger partial charge >= 0.3 is 0 Å². The fraction of sp³-hybridized carbons (Fsp3) is 0.865. The Labute approximate surface area is 330 Å². The van der Waals surface area contributed by atoms with Gasteiger partial charge in [-0.15, -0.1) is 0 Å². The van der Waals surface area contributed by atoms with Crippen LogP contribution < -0.4 is 0 Å². The van der Waals surface area contributed by atoms with E-state index in [1.54, 1.807) is 11.1 Å². The summed E-state index contributed by atoms with van der Waals surface area (Å²) in [5, 5.41) is 0. The van der Waals surface area contributed by atoms with Crippen LogP contribution in [0, 0.1) is 6.92 Å². The van der Waals surface area contributed by atoms with Crippen LogP contribution in [0.4, 0.5) is 0 Å². The second kappa shape index (κ2) is 41.4. The fourth-order valence-electron chi connectivity index (χ4n) is 8.44. The van der Waals surface area contributed by atoms with Crippen LogP contribution in [0.1, 0.15) is 287 Å². The standard InChI is InChI=1S/C52H97/c1-4-7-9-11-13-15-17-19-21-23-25-27-29-31-33-35-37-39-41-43-45-51-47-50(6-3)48-52(49-51)46-44-42-40-38-36-34-32-30-28-26-24-22-20-18-16-14-12-10-8-5-2/h47-49H,3-46H2,1-2H3. The normalized spacial score (nSPS) is 11.6. The number of unbranched alkanes of at least 4 members (excludes halogenated alkanes) is 38. The summed E-state index contributed by atoms with van der Waals surface area (Å²) in [4.78, 5) is 0. The molecule has 0 unspecified atom stereocenters. The average molecular weight is 722 g/mol. The molecule has 0 aliphatic carbocycles. The molecule has 1 aromatic carbocycles. The summed E-state index contributed by atoms with van der Waals surface area (Å²) in [6.07, 6.45) is 61.6. The Kier molecular flexibility index (Phi) is 39.2. The van der Waals surface area contributed by atoms with Crippen molar-refractivity contribution >= 4 is 0 Å². The maximum absolute atomic E-state index is 4.22. The number of rotatable bonds is 43. The van der Waals surface area contributed by atoms with E-state index in [4.69, 9.17) is 0 Å². The van der Waals surface area contributed by atoms with E-state index in [0.717, 1.165) is 6.42 Å². The second-order valence-corrected chi connectivity index (χ2v) is 17.3. The van der Waals surface area contributed by atoms with Crippen LogP contribution in [-0.4, -0.2) is 0 Å². The maximum atomic E-state index is 4.22. The van der Waals surface area contributed by atoms with E-state index in [2.05, 4.69) is 39.0 Å². The summed E-state index contributed by atoms with van der Waals surface area (Å²) in [6.45, 7) is 8.84. The van der Waals surface area contributed by atoms with Gasteiger partial charge in [-0.3, -0.25) is 0 Å². The molecule has 0 aromatic heterocycles. The molecule has 0 aliphatic rings. The third-order valence-corrected chi connectivity index (χ3v) is 12.0. The zero-order valence-electron chi connectivity index (χ0n) is 36.3. The van der Waals surface area contributed by atoms with Crippen LogP contribution in [0.3, 0.4) is 0 Å². The van der Waals surface area contributed by atoms with Crippen molar-refractivity contribution in [3.05, 3.63) is 41.8 Å². The van der Waals surface area contributed by atoms with Crippen molar-refractivity contribution in [1.82, 2.24) is 0 Å². The molecule has 0 spiro atoms. The lowest BCUT2D eigenvalue weighted by molar-refractivity contribution is 0.521. The Morgan fingerprint density at radius 1 is 0.250 bits per heavy atom. The zero-order valence-corrected chi connectivity index (χ0v) is 36.3. The smallest absolute Gasteiger partial charge is 0.0279 e. The van der Waals surface area contributed by atoms with Gasteiger partial charge in [-0.1, -0.05) is 276 Å². The van der Waals surface area contributed by atoms with Crippen molar-refractivity contribution in [3.8, 4) is 0 Å². The molecule has 0 N–H and O–H groups in total. The molecule has 0 saturated heterocycles. The van der Waals surface area contributed by atoms with Crippen molar-refractivity contribution in [3.63, 3.8) is 0 Å². The van der Waals surface area contributed by atoms with Gasteiger partial charge in [0.05, 0.1) is 0 Å². The monoisotopic (exact) mass is 722 g/mol. The molecule has 0 saturated carbocycles. The second-order valence-electron chi connectivity index (χ2n) is 17.3. The molecule has 1 rings (SSSR count). The molecule has 0 bridgehead atoms. The molecule has 0 atom stereocenters. The molecule has 0 heteroatoms. The largest absolute Gasteiger partial charge is 0.0654 e. The van der Waals surface area contributed by atoms with Gasteiger partial charge in [0.1, 0.15) is 0 Å². The van der Waals surface area contributed by atoms with Crippen LogP contribution in [-0.2, 0) is 19.3 Å². The minimum atomic E-state index is 0.930. The molecular formula is C52H97. The van der Waals surface area contributed by atoms with Gasteiger partial charge in [0, 0.05) is 0 Å². The van der Waals surface area contributed by atoms with E-state index in [-0.39, 0.29) is 0 Å². The Balaban J connectivity index is 1.90. The van der Waals surface area contributed by atoms with Crippen LogP contribution in [0.2, 0.25) is 0 Å². The molecule has 0 aliphatic heterocycles. The van der Waals surface area contributed by atoms with Gasteiger partial charge in [0.15, 0.2) is 0 Å². The zero-order chi connectivity index (χ0) is 37.3. The van der Waals surface area contributed by atoms with E-state index in [0.29, 0.717) is 0 Å². The van der Waals surface area contributed by atoms with Crippen molar-refractivity contribution in [2.75, 3.05) is 0 Å². The highest BCUT2D eigenvalue weighted by molar-refractivity contribution is 5.31. The molecule has 1 radical (unpaired) electrons. The SMILES string of the molecule is [CH2]Cc1cc(CCCCCCCCCCCCCCCCCCCCCC)cc(CCCCCCCCCCCCCCCCCCCCCC)c1. The van der Waals surface area contributed by atoms with E-state index in [1.807, 2.05) is 0 Å². The van der Waals surface area contributed by atoms with E-state index < -0.39 is 0 Å². The summed E-state index contributed by atoms with van der Waals surface area (Å²) < 4.78 is 0. The van der Waals surface area contributed by atoms with Crippen molar-refractivity contribution in [2.24, 2.45) is 0 Å². The van der Waals surface area contributed by atoms with E-state index in [9.17, 15) is 0 Å². The highest BCUT2D eigenvalue weighted by Gasteiger charge is 2.03. The quantitative estimate of drug-likeness (QED) is 0.0589. The molecular weight excluding hydrogens is 625 g/mol. The van der Waals surface area contributed by atoms with Crippen LogP contribution in [0.15, 0.2) is 18.2 Å². The van der Waals surface area contributed by atoms with Crippen molar-refractivity contribution in [1.29, 1.82) is 0 Å². The van der Waals surface area contributed by atoms with Gasteiger partial charge in [0.25, 0.3) is 0 Å². The van der Waals surface area contributed by atoms with Gasteiger partial charge in [-0.05, 0) is 55.7 Å². The van der Waals surface area contributed by atoms with Crippen LogP contribution in [0.5, 0.6) is 0 Å². The lowest BCUT2D eigenvalue weighted by Crippen LogP contribution is -1.95. The highest BCUT2D eigenvalue weighted by atomic mass is 14.1. The summed E-state index contributed by atoms with van der Waals surface area (Å²) in [6, 6.07) is 7.43. The van der Waals surface area contributed by atoms with Gasteiger partial charge < -0.3 is 0 Å². The minimum absolute atomic E-state index is 0.930. The Bertz CT molecular complexity index is 744. The summed E-state index contributed by atoms with van der Waals surface area (Å²) >= 11 is 0. The number of hydrogen-bond donors (Lipinski definition) is 0. The average Bonchev–Trinajstić information content (AvgIpc) is 3.16. The number of hydrogen-bond acceptors (Lipinski definition) is 0. The molecule has 0 amide bonds. The number of aryl methyl sites for hydroxylation is 2. The predicted octanol–water partition coefficient (Wildman–Crippen LogP) is 18.8. The molecule has 0 nitrogen and oxygen atoms in total. The molecule has 0 heterocycles. The Morgan fingerprint density at radius 2 is 0.423 bits per heavy atom. The van der Waals surface area contributed by atoms with Gasteiger partial charge in [-0.25, -0.2) is 0 Å². The van der Waals surface area contributed by atoms with Crippen LogP contribution >= 0.6 is 0 Å². The predicted molar refractivity (Wildman–Crippen MR) is 239 cm³/mol. The third kappa shape index (κ3) is 35.0. The van der Waals surface area contributed by atoms with Crippen LogP contribution in [0.25, 0.3) is 0 Å². The maximum Gasteiger partial charge on any atom is -0.0279 e. The highest BCUT2D eigenvalue weighted by Crippen LogP contribution is 2.20. The molecule has 0 fully saturated rings. The first-order valence-corrected chi connectivity index (χ1v) is 24.7. The lowest BCUT2D eigenvalue weighted by atomic mass is 9.96. The number of benzene rings is 1. The third-order valence-electron chi connectivity index (χ3n) is 12.0. The first kappa shape index (κ1) is 49.2. The first-order valence-electron chi connectivity index (χ1n) is 24.7. The minimum Gasteiger partial charge on any atom is -0.0654 e. The summed E-state index contributed by atoms with van der Waals surface area (Å²) in [5.74, 6) is 0. The summed E-state index contributed by atoms with van der Waals surface area (Å²) in [7, 11) is 0. The van der Waals surface area contributed by atoms with Crippen molar-refractivity contribution < 1.29 is 0 Å². The van der Waals surface area contributed by atoms with E-state index in [1.165, 1.54) is 275 Å². The Hall–Kier alpha value is -0.780. The molecule has 305 valence electrons. The van der Waals surface area contributed by atoms with E-state index >= 15 is 0 Å².